The first-order chi connectivity index (χ1) is 8.48. The number of hydrogen-bond acceptors (Lipinski definition) is 3. The molecule has 1 aliphatic carbocycles. The third kappa shape index (κ3) is 4.81. The molecule has 0 aliphatic heterocycles. The molecule has 0 heterocycles. The third-order valence-electron chi connectivity index (χ3n) is 3.88. The van der Waals surface area contributed by atoms with Gasteiger partial charge in [0.15, 0.2) is 0 Å². The molecule has 106 valence electrons. The van der Waals surface area contributed by atoms with Gasteiger partial charge < -0.3 is 10.0 Å². The van der Waals surface area contributed by atoms with Crippen molar-refractivity contribution in [2.75, 3.05) is 18.6 Å². The van der Waals surface area contributed by atoms with Gasteiger partial charge in [-0.05, 0) is 25.5 Å². The van der Waals surface area contributed by atoms with Gasteiger partial charge in [-0.1, -0.05) is 26.2 Å². The molecule has 0 spiro atoms. The minimum atomic E-state index is -0.735. The Morgan fingerprint density at radius 1 is 1.39 bits per heavy atom. The minimum Gasteiger partial charge on any atom is -0.389 e. The van der Waals surface area contributed by atoms with E-state index in [1.54, 1.807) is 4.90 Å². The fourth-order valence-corrected chi connectivity index (χ4v) is 3.24. The number of amides is 1. The van der Waals surface area contributed by atoms with Crippen molar-refractivity contribution in [2.45, 2.75) is 64.0 Å². The molecule has 1 rings (SSSR count). The van der Waals surface area contributed by atoms with Gasteiger partial charge in [0.25, 0.3) is 0 Å². The van der Waals surface area contributed by atoms with Crippen LogP contribution in [0.25, 0.3) is 0 Å². The van der Waals surface area contributed by atoms with Gasteiger partial charge in [0.2, 0.25) is 5.91 Å². The number of aliphatic hydroxyl groups is 1. The van der Waals surface area contributed by atoms with Crippen molar-refractivity contribution in [3.8, 4) is 0 Å². The van der Waals surface area contributed by atoms with Gasteiger partial charge in [-0.3, -0.25) is 4.79 Å². The third-order valence-corrected chi connectivity index (χ3v) is 5.01. The zero-order chi connectivity index (χ0) is 13.6. The van der Waals surface area contributed by atoms with E-state index in [4.69, 9.17) is 0 Å². The zero-order valence-electron chi connectivity index (χ0n) is 11.9. The second-order valence-electron chi connectivity index (χ2n) is 5.47. The van der Waals surface area contributed by atoms with Crippen LogP contribution in [0.15, 0.2) is 0 Å². The molecular formula is C14H27NO2S. The predicted octanol–water partition coefficient (Wildman–Crippen LogP) is 2.67. The zero-order valence-corrected chi connectivity index (χ0v) is 12.8. The number of carbonyl (C=O) groups excluding carboxylic acids is 1. The van der Waals surface area contributed by atoms with Crippen molar-refractivity contribution in [3.63, 3.8) is 0 Å². The highest BCUT2D eigenvalue weighted by molar-refractivity contribution is 7.99. The summed E-state index contributed by atoms with van der Waals surface area (Å²) in [6.45, 7) is 4.20. The number of rotatable bonds is 6. The van der Waals surface area contributed by atoms with Crippen molar-refractivity contribution in [3.05, 3.63) is 0 Å². The Kier molecular flexibility index (Phi) is 6.50. The lowest BCUT2D eigenvalue weighted by atomic mass is 9.82. The predicted molar refractivity (Wildman–Crippen MR) is 77.9 cm³/mol. The van der Waals surface area contributed by atoms with Gasteiger partial charge in [-0.15, -0.1) is 0 Å². The van der Waals surface area contributed by atoms with Crippen LogP contribution in [0.2, 0.25) is 0 Å². The topological polar surface area (TPSA) is 40.5 Å². The average Bonchev–Trinajstić information content (AvgIpc) is 2.35. The molecule has 0 radical (unpaired) electrons. The molecule has 1 aliphatic rings. The normalized spacial score (nSPS) is 20.4. The fourth-order valence-electron chi connectivity index (χ4n) is 2.44. The summed E-state index contributed by atoms with van der Waals surface area (Å²) in [5, 5.41) is 10.4. The highest BCUT2D eigenvalue weighted by Crippen LogP contribution is 2.31. The maximum atomic E-state index is 12.2. The molecule has 1 fully saturated rings. The molecule has 1 amide bonds. The maximum Gasteiger partial charge on any atom is 0.225 e. The van der Waals surface area contributed by atoms with Crippen molar-refractivity contribution < 1.29 is 9.90 Å². The number of hydrogen-bond donors (Lipinski definition) is 1. The molecule has 0 aromatic rings. The number of thioether (sulfide) groups is 1. The highest BCUT2D eigenvalue weighted by atomic mass is 32.2. The molecule has 0 bridgehead atoms. The average molecular weight is 273 g/mol. The molecular weight excluding hydrogens is 246 g/mol. The van der Waals surface area contributed by atoms with Gasteiger partial charge >= 0.3 is 0 Å². The van der Waals surface area contributed by atoms with Crippen LogP contribution >= 0.6 is 11.8 Å². The summed E-state index contributed by atoms with van der Waals surface area (Å²) in [4.78, 5) is 14.0. The van der Waals surface area contributed by atoms with Crippen LogP contribution in [0.5, 0.6) is 0 Å². The van der Waals surface area contributed by atoms with Crippen molar-refractivity contribution in [1.82, 2.24) is 4.90 Å². The van der Waals surface area contributed by atoms with Gasteiger partial charge in [-0.25, -0.2) is 0 Å². The first-order valence-electron chi connectivity index (χ1n) is 7.04. The van der Waals surface area contributed by atoms with Crippen LogP contribution in [0.3, 0.4) is 0 Å². The van der Waals surface area contributed by atoms with E-state index >= 15 is 0 Å². The molecule has 4 heteroatoms. The Morgan fingerprint density at radius 3 is 2.56 bits per heavy atom. The maximum absolute atomic E-state index is 12.2. The van der Waals surface area contributed by atoms with E-state index in [-0.39, 0.29) is 11.9 Å². The summed E-state index contributed by atoms with van der Waals surface area (Å²) in [7, 11) is 1.86. The molecule has 1 atom stereocenters. The molecule has 1 N–H and O–H groups in total. The van der Waals surface area contributed by atoms with Crippen LogP contribution in [-0.4, -0.2) is 46.1 Å². The number of nitrogens with zero attached hydrogens (tertiary/aromatic N) is 1. The van der Waals surface area contributed by atoms with Crippen LogP contribution in [0, 0.1) is 0 Å². The minimum absolute atomic E-state index is 0.0867. The molecule has 0 aromatic carbocycles. The van der Waals surface area contributed by atoms with Crippen LogP contribution in [-0.2, 0) is 4.79 Å². The monoisotopic (exact) mass is 273 g/mol. The summed E-state index contributed by atoms with van der Waals surface area (Å²) in [5.41, 5.74) is -0.735. The second kappa shape index (κ2) is 7.39. The van der Waals surface area contributed by atoms with Crippen LogP contribution in [0.1, 0.15) is 52.4 Å². The fraction of sp³-hybridized carbons (Fsp3) is 0.929. The van der Waals surface area contributed by atoms with Gasteiger partial charge in [0.1, 0.15) is 0 Å². The quantitative estimate of drug-likeness (QED) is 0.809. The van der Waals surface area contributed by atoms with Crippen molar-refractivity contribution in [2.24, 2.45) is 0 Å². The lowest BCUT2D eigenvalue weighted by Gasteiger charge is -2.34. The summed E-state index contributed by atoms with van der Waals surface area (Å²) < 4.78 is 0. The van der Waals surface area contributed by atoms with Crippen LogP contribution in [0.4, 0.5) is 0 Å². The smallest absolute Gasteiger partial charge is 0.225 e. The highest BCUT2D eigenvalue weighted by Gasteiger charge is 2.33. The summed E-state index contributed by atoms with van der Waals surface area (Å²) >= 11 is 1.85. The van der Waals surface area contributed by atoms with E-state index in [1.807, 2.05) is 18.8 Å². The molecule has 3 nitrogen and oxygen atoms in total. The first kappa shape index (κ1) is 15.8. The van der Waals surface area contributed by atoms with Crippen LogP contribution < -0.4 is 0 Å². The summed E-state index contributed by atoms with van der Waals surface area (Å²) in [5.74, 6) is 2.14. The Hall–Kier alpha value is -0.220. The van der Waals surface area contributed by atoms with E-state index in [1.165, 1.54) is 6.42 Å². The standard InChI is InChI=1S/C14H27NO2S/c1-4-18-11-12(2)15(3)13(16)10-14(17)8-6-5-7-9-14/h12,17H,4-11H2,1-3H3. The molecule has 0 aromatic heterocycles. The molecule has 1 unspecified atom stereocenters. The van der Waals surface area contributed by atoms with E-state index in [0.29, 0.717) is 6.42 Å². The second-order valence-corrected chi connectivity index (χ2v) is 6.79. The van der Waals surface area contributed by atoms with Gasteiger partial charge in [0, 0.05) is 18.8 Å². The Bertz CT molecular complexity index is 265. The number of carbonyl (C=O) groups is 1. The van der Waals surface area contributed by atoms with E-state index in [0.717, 1.165) is 37.2 Å². The van der Waals surface area contributed by atoms with E-state index < -0.39 is 5.60 Å². The first-order valence-corrected chi connectivity index (χ1v) is 8.20. The van der Waals surface area contributed by atoms with Gasteiger partial charge in [0.05, 0.1) is 12.0 Å². The summed E-state index contributed by atoms with van der Waals surface area (Å²) in [6, 6.07) is 0.245. The Balaban J connectivity index is 2.43. The SMILES string of the molecule is CCSCC(C)N(C)C(=O)CC1(O)CCCCC1. The molecule has 18 heavy (non-hydrogen) atoms. The Labute approximate surface area is 115 Å². The van der Waals surface area contributed by atoms with Crippen molar-refractivity contribution >= 4 is 17.7 Å². The summed E-state index contributed by atoms with van der Waals surface area (Å²) in [6.07, 6.45) is 5.15. The lowest BCUT2D eigenvalue weighted by molar-refractivity contribution is -0.137. The van der Waals surface area contributed by atoms with Gasteiger partial charge in [-0.2, -0.15) is 11.8 Å². The van der Waals surface area contributed by atoms with Crippen molar-refractivity contribution in [1.29, 1.82) is 0 Å². The molecule has 1 saturated carbocycles. The molecule has 0 saturated heterocycles. The Morgan fingerprint density at radius 2 is 2.00 bits per heavy atom. The lowest BCUT2D eigenvalue weighted by Crippen LogP contribution is -2.43. The largest absolute Gasteiger partial charge is 0.389 e. The van der Waals surface area contributed by atoms with E-state index in [9.17, 15) is 9.90 Å². The van der Waals surface area contributed by atoms with E-state index in [2.05, 4.69) is 13.8 Å².